The van der Waals surface area contributed by atoms with Gasteiger partial charge in [-0.3, -0.25) is 14.2 Å². The Kier molecular flexibility index (Phi) is 4.72. The fraction of sp³-hybridized carbons (Fsp3) is 0.261. The highest BCUT2D eigenvalue weighted by molar-refractivity contribution is 7.99. The minimum atomic E-state index is -0.0190. The monoisotopic (exact) mass is 403 g/mol. The number of anilines is 1. The van der Waals surface area contributed by atoms with Gasteiger partial charge in [0.15, 0.2) is 10.9 Å². The SMILES string of the molecule is O=C1Cc2cc(C(=O)CSc3nc4c(n3-c3ccccc3)CCCC4)ccc2N1. The molecule has 3 aromatic rings. The number of aryl methyl sites for hydroxylation is 1. The van der Waals surface area contributed by atoms with Crippen molar-refractivity contribution in [2.45, 2.75) is 37.3 Å². The molecule has 0 spiro atoms. The van der Waals surface area contributed by atoms with Gasteiger partial charge in [0.05, 0.1) is 17.9 Å². The van der Waals surface area contributed by atoms with Crippen molar-refractivity contribution in [3.63, 3.8) is 0 Å². The zero-order chi connectivity index (χ0) is 19.8. The molecule has 146 valence electrons. The fourth-order valence-electron chi connectivity index (χ4n) is 4.07. The second-order valence-corrected chi connectivity index (χ2v) is 8.42. The summed E-state index contributed by atoms with van der Waals surface area (Å²) >= 11 is 1.49. The largest absolute Gasteiger partial charge is 0.326 e. The van der Waals surface area contributed by atoms with E-state index < -0.39 is 0 Å². The number of benzene rings is 2. The van der Waals surface area contributed by atoms with Crippen LogP contribution in [0.3, 0.4) is 0 Å². The van der Waals surface area contributed by atoms with Gasteiger partial charge in [0.1, 0.15) is 0 Å². The highest BCUT2D eigenvalue weighted by Gasteiger charge is 2.23. The van der Waals surface area contributed by atoms with Gasteiger partial charge in [-0.1, -0.05) is 30.0 Å². The van der Waals surface area contributed by atoms with Crippen molar-refractivity contribution in [2.24, 2.45) is 0 Å². The van der Waals surface area contributed by atoms with Crippen LogP contribution in [0.2, 0.25) is 0 Å². The van der Waals surface area contributed by atoms with Gasteiger partial charge in [-0.25, -0.2) is 4.98 Å². The van der Waals surface area contributed by atoms with E-state index in [1.54, 1.807) is 6.07 Å². The summed E-state index contributed by atoms with van der Waals surface area (Å²) in [5.74, 6) is 0.357. The molecular formula is C23H21N3O2S. The summed E-state index contributed by atoms with van der Waals surface area (Å²) in [6, 6.07) is 15.7. The van der Waals surface area contributed by atoms with E-state index in [2.05, 4.69) is 22.0 Å². The van der Waals surface area contributed by atoms with Crippen LogP contribution in [0.15, 0.2) is 53.7 Å². The average molecular weight is 404 g/mol. The molecule has 1 aliphatic carbocycles. The Hall–Kier alpha value is -2.86. The molecule has 0 radical (unpaired) electrons. The third kappa shape index (κ3) is 3.49. The lowest BCUT2D eigenvalue weighted by Crippen LogP contribution is -2.08. The number of carbonyl (C=O) groups is 2. The molecule has 0 fully saturated rings. The number of hydrogen-bond donors (Lipinski definition) is 1. The maximum Gasteiger partial charge on any atom is 0.228 e. The van der Waals surface area contributed by atoms with Crippen molar-refractivity contribution in [3.05, 3.63) is 71.0 Å². The molecule has 1 aliphatic heterocycles. The van der Waals surface area contributed by atoms with Gasteiger partial charge >= 0.3 is 0 Å². The number of para-hydroxylation sites is 1. The van der Waals surface area contributed by atoms with E-state index in [0.717, 1.165) is 40.6 Å². The van der Waals surface area contributed by atoms with Gasteiger partial charge < -0.3 is 5.32 Å². The number of imidazole rings is 1. The summed E-state index contributed by atoms with van der Waals surface area (Å²) in [6.07, 6.45) is 4.72. The van der Waals surface area contributed by atoms with Crippen LogP contribution < -0.4 is 5.32 Å². The lowest BCUT2D eigenvalue weighted by Gasteiger charge is -2.15. The summed E-state index contributed by atoms with van der Waals surface area (Å²) in [6.45, 7) is 0. The third-order valence-electron chi connectivity index (χ3n) is 5.50. The van der Waals surface area contributed by atoms with Gasteiger partial charge in [-0.2, -0.15) is 0 Å². The predicted molar refractivity (Wildman–Crippen MR) is 114 cm³/mol. The highest BCUT2D eigenvalue weighted by Crippen LogP contribution is 2.31. The Morgan fingerprint density at radius 2 is 1.93 bits per heavy atom. The standard InChI is InChI=1S/C23H21N3O2S/c27-21(15-10-11-18-16(12-15)13-22(28)24-18)14-29-23-25-19-8-4-5-9-20(19)26(23)17-6-2-1-3-7-17/h1-3,6-7,10-12H,4-5,8-9,13-14H2,(H,24,28). The van der Waals surface area contributed by atoms with E-state index in [1.807, 2.05) is 30.3 Å². The van der Waals surface area contributed by atoms with Crippen LogP contribution in [0.4, 0.5) is 5.69 Å². The van der Waals surface area contributed by atoms with Crippen molar-refractivity contribution < 1.29 is 9.59 Å². The van der Waals surface area contributed by atoms with Gasteiger partial charge in [0, 0.05) is 22.6 Å². The number of amides is 1. The number of carbonyl (C=O) groups excluding carboxylic acids is 2. The van der Waals surface area contributed by atoms with Crippen LogP contribution in [-0.2, 0) is 24.1 Å². The Morgan fingerprint density at radius 3 is 2.79 bits per heavy atom. The van der Waals surface area contributed by atoms with Crippen molar-refractivity contribution in [1.82, 2.24) is 9.55 Å². The average Bonchev–Trinajstić information content (AvgIpc) is 3.31. The maximum absolute atomic E-state index is 12.8. The third-order valence-corrected chi connectivity index (χ3v) is 6.44. The molecule has 2 aromatic carbocycles. The molecule has 1 amide bonds. The van der Waals surface area contributed by atoms with Gasteiger partial charge in [-0.15, -0.1) is 0 Å². The molecule has 0 atom stereocenters. The van der Waals surface area contributed by atoms with Crippen molar-refractivity contribution >= 4 is 29.1 Å². The van der Waals surface area contributed by atoms with E-state index in [-0.39, 0.29) is 11.7 Å². The molecule has 5 rings (SSSR count). The molecule has 5 nitrogen and oxygen atoms in total. The number of rotatable bonds is 5. The van der Waals surface area contributed by atoms with E-state index >= 15 is 0 Å². The molecule has 0 bridgehead atoms. The molecule has 1 aromatic heterocycles. The molecule has 1 N–H and O–H groups in total. The number of thioether (sulfide) groups is 1. The smallest absolute Gasteiger partial charge is 0.228 e. The number of fused-ring (bicyclic) bond motifs is 2. The normalized spacial score (nSPS) is 15.0. The van der Waals surface area contributed by atoms with E-state index in [9.17, 15) is 9.59 Å². The Bertz CT molecular complexity index is 1100. The van der Waals surface area contributed by atoms with Crippen LogP contribution in [-0.4, -0.2) is 27.0 Å². The van der Waals surface area contributed by atoms with Crippen LogP contribution in [0.5, 0.6) is 0 Å². The highest BCUT2D eigenvalue weighted by atomic mass is 32.2. The Labute approximate surface area is 173 Å². The zero-order valence-corrected chi connectivity index (χ0v) is 16.8. The van der Waals surface area contributed by atoms with E-state index in [1.165, 1.54) is 30.3 Å². The Balaban J connectivity index is 1.40. The molecule has 2 aliphatic rings. The summed E-state index contributed by atoms with van der Waals surface area (Å²) in [5, 5.41) is 3.69. The van der Waals surface area contributed by atoms with Crippen LogP contribution >= 0.6 is 11.8 Å². The first-order valence-electron chi connectivity index (χ1n) is 9.94. The summed E-state index contributed by atoms with van der Waals surface area (Å²) in [7, 11) is 0. The van der Waals surface area contributed by atoms with Crippen LogP contribution in [0.1, 0.15) is 40.2 Å². The van der Waals surface area contributed by atoms with Gasteiger partial charge in [-0.05, 0) is 61.6 Å². The number of nitrogens with one attached hydrogen (secondary N) is 1. The number of nitrogens with zero attached hydrogens (tertiary/aromatic N) is 2. The molecule has 0 saturated heterocycles. The van der Waals surface area contributed by atoms with Crippen molar-refractivity contribution in [2.75, 3.05) is 11.1 Å². The lowest BCUT2D eigenvalue weighted by atomic mass is 10.0. The molecule has 29 heavy (non-hydrogen) atoms. The van der Waals surface area contributed by atoms with E-state index in [0.29, 0.717) is 17.7 Å². The first-order chi connectivity index (χ1) is 14.2. The summed E-state index contributed by atoms with van der Waals surface area (Å²) in [4.78, 5) is 29.3. The number of aromatic nitrogens is 2. The minimum absolute atomic E-state index is 0.0190. The van der Waals surface area contributed by atoms with Crippen LogP contribution in [0, 0.1) is 0 Å². The van der Waals surface area contributed by atoms with Gasteiger partial charge in [0.2, 0.25) is 5.91 Å². The maximum atomic E-state index is 12.8. The second-order valence-electron chi connectivity index (χ2n) is 7.47. The summed E-state index contributed by atoms with van der Waals surface area (Å²) < 4.78 is 2.22. The van der Waals surface area contributed by atoms with Crippen molar-refractivity contribution in [1.29, 1.82) is 0 Å². The number of hydrogen-bond acceptors (Lipinski definition) is 4. The predicted octanol–water partition coefficient (Wildman–Crippen LogP) is 4.22. The van der Waals surface area contributed by atoms with Crippen LogP contribution in [0.25, 0.3) is 5.69 Å². The van der Waals surface area contributed by atoms with Gasteiger partial charge in [0.25, 0.3) is 0 Å². The zero-order valence-electron chi connectivity index (χ0n) is 16.0. The first kappa shape index (κ1) is 18.2. The Morgan fingerprint density at radius 1 is 1.10 bits per heavy atom. The number of Topliss-reactive ketones (excluding diaryl/α,β-unsaturated/α-hetero) is 1. The molecular weight excluding hydrogens is 382 g/mol. The fourth-order valence-corrected chi connectivity index (χ4v) is 5.02. The minimum Gasteiger partial charge on any atom is -0.326 e. The molecule has 0 saturated carbocycles. The van der Waals surface area contributed by atoms with E-state index in [4.69, 9.17) is 4.98 Å². The number of ketones is 1. The van der Waals surface area contributed by atoms with Crippen molar-refractivity contribution in [3.8, 4) is 5.69 Å². The first-order valence-corrected chi connectivity index (χ1v) is 10.9. The topological polar surface area (TPSA) is 64.0 Å². The lowest BCUT2D eigenvalue weighted by molar-refractivity contribution is -0.115. The quantitative estimate of drug-likeness (QED) is 0.512. The molecule has 2 heterocycles. The molecule has 0 unspecified atom stereocenters. The second kappa shape index (κ2) is 7.52. The molecule has 6 heteroatoms. The summed E-state index contributed by atoms with van der Waals surface area (Å²) in [5.41, 5.74) is 5.89.